The lowest BCUT2D eigenvalue weighted by molar-refractivity contribution is 0.355. The first-order valence-electron chi connectivity index (χ1n) is 14.0. The quantitative estimate of drug-likeness (QED) is 0.402. The van der Waals surface area contributed by atoms with E-state index in [1.807, 2.05) is 7.05 Å². The monoisotopic (exact) mass is 506 g/mol. The average Bonchev–Trinajstić information content (AvgIpc) is 3.06. The summed E-state index contributed by atoms with van der Waals surface area (Å²) in [5.74, 6) is 0. The number of nitrogens with one attached hydrogen (secondary N) is 1. The number of fused-ring (bicyclic) bond motifs is 1. The molecule has 4 rings (SSSR count). The molecule has 0 aromatic heterocycles. The van der Waals surface area contributed by atoms with Crippen molar-refractivity contribution in [3.05, 3.63) is 119 Å². The smallest absolute Gasteiger partial charge is 0.0447 e. The molecule has 0 atom stereocenters. The van der Waals surface area contributed by atoms with Gasteiger partial charge in [0.1, 0.15) is 0 Å². The fourth-order valence-corrected chi connectivity index (χ4v) is 6.24. The Morgan fingerprint density at radius 3 is 2.37 bits per heavy atom. The molecule has 2 heteroatoms. The topological polar surface area (TPSA) is 15.3 Å². The van der Waals surface area contributed by atoms with E-state index in [4.69, 9.17) is 0 Å². The molecule has 2 aromatic carbocycles. The van der Waals surface area contributed by atoms with Gasteiger partial charge in [-0.25, -0.2) is 0 Å². The van der Waals surface area contributed by atoms with Gasteiger partial charge in [-0.3, -0.25) is 0 Å². The number of allylic oxidation sites excluding steroid dienone is 10. The number of para-hydroxylation sites is 2. The van der Waals surface area contributed by atoms with Gasteiger partial charge >= 0.3 is 0 Å². The van der Waals surface area contributed by atoms with E-state index in [1.165, 1.54) is 39.3 Å². The van der Waals surface area contributed by atoms with E-state index in [9.17, 15) is 0 Å². The highest BCUT2D eigenvalue weighted by molar-refractivity contribution is 5.70. The van der Waals surface area contributed by atoms with Gasteiger partial charge in [-0.05, 0) is 70.6 Å². The number of benzene rings is 2. The summed E-state index contributed by atoms with van der Waals surface area (Å²) in [6.45, 7) is 14.1. The number of likely N-dealkylation sites (N-methyl/N-ethyl adjacent to an activating group) is 1. The van der Waals surface area contributed by atoms with Crippen molar-refractivity contribution in [1.29, 1.82) is 0 Å². The maximum atomic E-state index is 3.35. The van der Waals surface area contributed by atoms with Crippen LogP contribution in [0.25, 0.3) is 0 Å². The fraction of sp³-hybridized carbons (Fsp3) is 0.389. The normalized spacial score (nSPS) is 20.9. The second kappa shape index (κ2) is 10.8. The third-order valence-corrected chi connectivity index (χ3v) is 8.24. The molecule has 0 unspecified atom stereocenters. The van der Waals surface area contributed by atoms with Crippen LogP contribution in [0.15, 0.2) is 108 Å². The van der Waals surface area contributed by atoms with Gasteiger partial charge in [0.2, 0.25) is 0 Å². The molecule has 2 aliphatic rings. The Kier molecular flexibility index (Phi) is 7.93. The molecule has 1 aliphatic heterocycles. The van der Waals surface area contributed by atoms with Crippen LogP contribution in [0.1, 0.15) is 71.9 Å². The average molecular weight is 507 g/mol. The third kappa shape index (κ3) is 5.90. The van der Waals surface area contributed by atoms with Crippen molar-refractivity contribution >= 4 is 11.4 Å². The van der Waals surface area contributed by atoms with Crippen LogP contribution >= 0.6 is 0 Å². The summed E-state index contributed by atoms with van der Waals surface area (Å²) in [5, 5.41) is 3.35. The zero-order chi connectivity index (χ0) is 27.6. The molecule has 0 saturated carbocycles. The first kappa shape index (κ1) is 27.8. The Balaban J connectivity index is 1.49. The van der Waals surface area contributed by atoms with E-state index in [-0.39, 0.29) is 16.2 Å². The van der Waals surface area contributed by atoms with Gasteiger partial charge < -0.3 is 10.2 Å². The van der Waals surface area contributed by atoms with E-state index in [1.54, 1.807) is 0 Å². The lowest BCUT2D eigenvalue weighted by Gasteiger charge is -2.30. The summed E-state index contributed by atoms with van der Waals surface area (Å²) in [5.41, 5.74) is 9.76. The molecule has 1 N–H and O–H groups in total. The Morgan fingerprint density at radius 1 is 0.921 bits per heavy atom. The Hall–Kier alpha value is -3.26. The first-order chi connectivity index (χ1) is 17.9. The number of nitrogens with zero attached hydrogens (tertiary/aromatic N) is 1. The molecule has 0 spiro atoms. The molecule has 200 valence electrons. The van der Waals surface area contributed by atoms with E-state index < -0.39 is 0 Å². The van der Waals surface area contributed by atoms with Crippen molar-refractivity contribution in [3.63, 3.8) is 0 Å². The minimum atomic E-state index is 0.00718. The SMILES string of the molecule is CNc1ccccc1C(C)(C)C/C=C/C=C1C=C(/C=C/C=C2/N(C)c3ccccc3C2(C)C)CC(C)(C)C/1. The van der Waals surface area contributed by atoms with Crippen LogP contribution in [0.2, 0.25) is 0 Å². The molecular formula is C36H46N2. The molecular weight excluding hydrogens is 460 g/mol. The third-order valence-electron chi connectivity index (χ3n) is 8.24. The minimum Gasteiger partial charge on any atom is -0.388 e. The highest BCUT2D eigenvalue weighted by Gasteiger charge is 2.37. The molecule has 0 radical (unpaired) electrons. The number of hydrogen-bond donors (Lipinski definition) is 1. The summed E-state index contributed by atoms with van der Waals surface area (Å²) in [6, 6.07) is 17.4. The van der Waals surface area contributed by atoms with Crippen molar-refractivity contribution in [3.8, 4) is 0 Å². The maximum Gasteiger partial charge on any atom is 0.0447 e. The predicted octanol–water partition coefficient (Wildman–Crippen LogP) is 9.49. The van der Waals surface area contributed by atoms with Gasteiger partial charge in [-0.2, -0.15) is 0 Å². The van der Waals surface area contributed by atoms with Gasteiger partial charge in [-0.15, -0.1) is 0 Å². The highest BCUT2D eigenvalue weighted by Crippen LogP contribution is 2.46. The molecule has 38 heavy (non-hydrogen) atoms. The van der Waals surface area contributed by atoms with Crippen molar-refractivity contribution in [2.45, 2.75) is 71.6 Å². The minimum absolute atomic E-state index is 0.00718. The fourth-order valence-electron chi connectivity index (χ4n) is 6.24. The molecule has 1 heterocycles. The largest absolute Gasteiger partial charge is 0.388 e. The zero-order valence-electron chi connectivity index (χ0n) is 24.7. The van der Waals surface area contributed by atoms with Crippen molar-refractivity contribution in [2.24, 2.45) is 5.41 Å². The van der Waals surface area contributed by atoms with Crippen molar-refractivity contribution < 1.29 is 0 Å². The summed E-state index contributed by atoms with van der Waals surface area (Å²) in [4.78, 5) is 2.34. The maximum absolute atomic E-state index is 3.35. The molecule has 0 fully saturated rings. The number of anilines is 2. The molecule has 2 nitrogen and oxygen atoms in total. The lowest BCUT2D eigenvalue weighted by atomic mass is 9.75. The Morgan fingerprint density at radius 2 is 1.63 bits per heavy atom. The van der Waals surface area contributed by atoms with E-state index in [2.05, 4.69) is 150 Å². The number of rotatable bonds is 7. The van der Waals surface area contributed by atoms with Crippen LogP contribution in [-0.4, -0.2) is 14.1 Å². The standard InChI is InChI=1S/C36H46N2/c1-34(2)25-27(16-13-14-23-35(3,4)29-18-9-11-20-31(29)37-7)24-28(26-34)17-15-22-33-36(5,6)30-19-10-12-21-32(30)38(33)8/h9-22,24,37H,23,25-26H2,1-8H3/b14-13+,17-15+,27-16-,33-22+. The van der Waals surface area contributed by atoms with Crippen LogP contribution in [-0.2, 0) is 10.8 Å². The van der Waals surface area contributed by atoms with Gasteiger partial charge in [0.25, 0.3) is 0 Å². The van der Waals surface area contributed by atoms with E-state index in [0.29, 0.717) is 0 Å². The van der Waals surface area contributed by atoms with Crippen LogP contribution in [0.4, 0.5) is 11.4 Å². The van der Waals surface area contributed by atoms with Crippen LogP contribution in [0.3, 0.4) is 0 Å². The lowest BCUT2D eigenvalue weighted by Crippen LogP contribution is -2.22. The molecule has 1 aliphatic carbocycles. The van der Waals surface area contributed by atoms with Gasteiger partial charge in [0.15, 0.2) is 0 Å². The van der Waals surface area contributed by atoms with E-state index in [0.717, 1.165) is 19.3 Å². The van der Waals surface area contributed by atoms with Gasteiger partial charge in [-0.1, -0.05) is 114 Å². The number of hydrogen-bond acceptors (Lipinski definition) is 2. The zero-order valence-corrected chi connectivity index (χ0v) is 24.7. The second-order valence-electron chi connectivity index (χ2n) is 12.9. The van der Waals surface area contributed by atoms with Gasteiger partial charge in [0, 0.05) is 36.6 Å². The van der Waals surface area contributed by atoms with Crippen LogP contribution in [0, 0.1) is 5.41 Å². The van der Waals surface area contributed by atoms with Crippen LogP contribution in [0.5, 0.6) is 0 Å². The Labute approximate surface area is 231 Å². The summed E-state index contributed by atoms with van der Waals surface area (Å²) in [6.07, 6.45) is 19.4. The van der Waals surface area contributed by atoms with Gasteiger partial charge in [0.05, 0.1) is 0 Å². The summed E-state index contributed by atoms with van der Waals surface area (Å²) in [7, 11) is 4.18. The molecule has 0 amide bonds. The molecule has 0 bridgehead atoms. The highest BCUT2D eigenvalue weighted by atomic mass is 15.2. The van der Waals surface area contributed by atoms with Crippen molar-refractivity contribution in [2.75, 3.05) is 24.3 Å². The summed E-state index contributed by atoms with van der Waals surface area (Å²) < 4.78 is 0. The van der Waals surface area contributed by atoms with E-state index >= 15 is 0 Å². The Bertz CT molecular complexity index is 1310. The molecule has 2 aromatic rings. The van der Waals surface area contributed by atoms with Crippen LogP contribution < -0.4 is 10.2 Å². The molecule has 0 saturated heterocycles. The van der Waals surface area contributed by atoms with Crippen molar-refractivity contribution in [1.82, 2.24) is 0 Å². The predicted molar refractivity (Wildman–Crippen MR) is 167 cm³/mol. The second-order valence-corrected chi connectivity index (χ2v) is 12.9. The first-order valence-corrected chi connectivity index (χ1v) is 14.0. The summed E-state index contributed by atoms with van der Waals surface area (Å²) >= 11 is 0.